The van der Waals surface area contributed by atoms with E-state index in [4.69, 9.17) is 10.3 Å². The summed E-state index contributed by atoms with van der Waals surface area (Å²) < 4.78 is 37.3. The predicted octanol–water partition coefficient (Wildman–Crippen LogP) is 1.72. The first kappa shape index (κ1) is 14.1. The molecule has 0 fully saturated rings. The van der Waals surface area contributed by atoms with Gasteiger partial charge in [-0.3, -0.25) is 4.55 Å². The van der Waals surface area contributed by atoms with Crippen molar-refractivity contribution in [3.63, 3.8) is 0 Å². The van der Waals surface area contributed by atoms with Crippen LogP contribution in [0.3, 0.4) is 0 Å². The lowest BCUT2D eigenvalue weighted by atomic mass is 10.3. The molecule has 3 N–H and O–H groups in total. The third kappa shape index (κ3) is 2.34. The zero-order valence-corrected chi connectivity index (χ0v) is 10.1. The van der Waals surface area contributed by atoms with Gasteiger partial charge in [0.15, 0.2) is 10.6 Å². The number of nitrogens with two attached hydrogens (primary N) is 1. The highest BCUT2D eigenvalue weighted by atomic mass is 32.3. The third-order valence-electron chi connectivity index (χ3n) is 1.89. The van der Waals surface area contributed by atoms with Gasteiger partial charge in [0.2, 0.25) is 0 Å². The standard InChI is InChI=1S/C6H6N4O6S2/c7-5-3-4(17(8-11,9-12)10-13)1-2-6(5)18(14,15)16/h1-3H,7H2,(H,14,15,16). The fourth-order valence-electron chi connectivity index (χ4n) is 1.10. The summed E-state index contributed by atoms with van der Waals surface area (Å²) >= 11 is 0. The summed E-state index contributed by atoms with van der Waals surface area (Å²) in [6.07, 6.45) is 0. The van der Waals surface area contributed by atoms with Gasteiger partial charge in [0, 0.05) is 13.7 Å². The number of nitrogen functional groups attached to an aromatic ring is 1. The molecule has 0 saturated carbocycles. The van der Waals surface area contributed by atoms with Crippen molar-refractivity contribution in [1.29, 1.82) is 0 Å². The average molecular weight is 294 g/mol. The largest absolute Gasteiger partial charge is 0.398 e. The molecule has 0 bridgehead atoms. The number of hydrogen-bond acceptors (Lipinski definition) is 9. The number of hydrogen-bond donors (Lipinski definition) is 2. The fourth-order valence-corrected chi connectivity index (χ4v) is 2.57. The first-order valence-corrected chi connectivity index (χ1v) is 6.99. The minimum absolute atomic E-state index is 0.326. The van der Waals surface area contributed by atoms with Gasteiger partial charge in [-0.05, 0) is 18.2 Å². The van der Waals surface area contributed by atoms with E-state index >= 15 is 0 Å². The number of rotatable bonds is 5. The van der Waals surface area contributed by atoms with Crippen molar-refractivity contribution < 1.29 is 13.0 Å². The zero-order chi connectivity index (χ0) is 14.0. The van der Waals surface area contributed by atoms with E-state index in [0.29, 0.717) is 0 Å². The molecule has 12 heteroatoms. The zero-order valence-electron chi connectivity index (χ0n) is 8.46. The molecular weight excluding hydrogens is 288 g/mol. The fraction of sp³-hybridized carbons (Fsp3) is 0. The van der Waals surface area contributed by atoms with Crippen LogP contribution in [0.1, 0.15) is 0 Å². The van der Waals surface area contributed by atoms with Crippen LogP contribution in [0.5, 0.6) is 0 Å². The van der Waals surface area contributed by atoms with E-state index < -0.39 is 31.3 Å². The van der Waals surface area contributed by atoms with Crippen LogP contribution in [0, 0.1) is 14.7 Å². The van der Waals surface area contributed by atoms with Gasteiger partial charge in [0.25, 0.3) is 10.1 Å². The summed E-state index contributed by atoms with van der Waals surface area (Å²) in [7, 11) is -8.28. The highest BCUT2D eigenvalue weighted by molar-refractivity contribution is 8.30. The molecule has 0 amide bonds. The Labute approximate surface area is 102 Å². The number of nitroso groups, excluding NO2 is 3. The molecule has 1 rings (SSSR count). The second-order valence-corrected chi connectivity index (χ2v) is 6.26. The van der Waals surface area contributed by atoms with E-state index in [1.54, 1.807) is 0 Å². The molecule has 1 aromatic carbocycles. The van der Waals surface area contributed by atoms with Crippen LogP contribution < -0.4 is 5.73 Å². The van der Waals surface area contributed by atoms with Gasteiger partial charge in [0.05, 0.1) is 10.6 Å². The minimum atomic E-state index is -4.56. The molecule has 0 saturated heterocycles. The van der Waals surface area contributed by atoms with Crippen molar-refractivity contribution in [2.45, 2.75) is 9.79 Å². The van der Waals surface area contributed by atoms with E-state index in [1.165, 1.54) is 0 Å². The lowest BCUT2D eigenvalue weighted by molar-refractivity contribution is 0.483. The average Bonchev–Trinajstić information content (AvgIpc) is 2.30. The topological polar surface area (TPSA) is 169 Å². The first-order valence-electron chi connectivity index (χ1n) is 4.05. The van der Waals surface area contributed by atoms with E-state index in [-0.39, 0.29) is 4.90 Å². The monoisotopic (exact) mass is 294 g/mol. The summed E-state index contributed by atoms with van der Waals surface area (Å²) in [5, 5.41) is 0. The molecule has 0 spiro atoms. The summed E-state index contributed by atoms with van der Waals surface area (Å²) in [4.78, 5) is 30.5. The molecule has 98 valence electrons. The Morgan fingerprint density at radius 1 is 1.06 bits per heavy atom. The van der Waals surface area contributed by atoms with Crippen molar-refractivity contribution in [2.75, 3.05) is 5.73 Å². The maximum atomic E-state index is 10.9. The molecule has 0 unspecified atom stereocenters. The van der Waals surface area contributed by atoms with Gasteiger partial charge < -0.3 is 5.73 Å². The highest BCUT2D eigenvalue weighted by Crippen LogP contribution is 2.59. The summed E-state index contributed by atoms with van der Waals surface area (Å²) in [6.45, 7) is 0. The molecular formula is C6H6N4O6S2. The maximum absolute atomic E-state index is 10.9. The molecule has 1 aromatic rings. The number of benzene rings is 1. The van der Waals surface area contributed by atoms with Crippen LogP contribution in [0.4, 0.5) is 5.69 Å². The van der Waals surface area contributed by atoms with E-state index in [0.717, 1.165) is 18.2 Å². The summed E-state index contributed by atoms with van der Waals surface area (Å²) in [5.41, 5.74) is 4.84. The van der Waals surface area contributed by atoms with Crippen LogP contribution in [0.2, 0.25) is 0 Å². The van der Waals surface area contributed by atoms with E-state index in [1.807, 2.05) is 0 Å². The second kappa shape index (κ2) is 4.75. The minimum Gasteiger partial charge on any atom is -0.398 e. The van der Waals surface area contributed by atoms with E-state index in [2.05, 4.69) is 13.7 Å². The normalized spacial score (nSPS) is 12.7. The summed E-state index contributed by atoms with van der Waals surface area (Å²) in [6, 6.07) is 2.53. The van der Waals surface area contributed by atoms with Gasteiger partial charge in [-0.1, -0.05) is 0 Å². The maximum Gasteiger partial charge on any atom is 0.296 e. The molecule has 10 nitrogen and oxygen atoms in total. The van der Waals surface area contributed by atoms with Gasteiger partial charge in [-0.15, -0.1) is 14.7 Å². The lowest BCUT2D eigenvalue weighted by Crippen LogP contribution is -2.04. The Morgan fingerprint density at radius 2 is 1.56 bits per heavy atom. The Balaban J connectivity index is 3.49. The molecule has 0 heterocycles. The van der Waals surface area contributed by atoms with Crippen LogP contribution in [0.15, 0.2) is 41.7 Å². The number of nitrogens with zero attached hydrogens (tertiary/aromatic N) is 3. The summed E-state index contributed by atoms with van der Waals surface area (Å²) in [5.74, 6) is 0. The molecule has 0 aliphatic rings. The van der Waals surface area contributed by atoms with Crippen molar-refractivity contribution in [1.82, 2.24) is 0 Å². The lowest BCUT2D eigenvalue weighted by Gasteiger charge is -2.14. The van der Waals surface area contributed by atoms with Crippen LogP contribution in [0.25, 0.3) is 0 Å². The molecule has 0 atom stereocenters. The molecule has 18 heavy (non-hydrogen) atoms. The second-order valence-electron chi connectivity index (χ2n) is 2.92. The molecule has 0 aromatic heterocycles. The Bertz CT molecular complexity index is 593. The number of anilines is 1. The molecule has 0 aliphatic carbocycles. The van der Waals surface area contributed by atoms with Crippen molar-refractivity contribution in [3.8, 4) is 0 Å². The quantitative estimate of drug-likeness (QED) is 0.473. The van der Waals surface area contributed by atoms with Crippen LogP contribution in [-0.4, -0.2) is 13.0 Å². The van der Waals surface area contributed by atoms with Crippen molar-refractivity contribution in [2.24, 2.45) is 13.7 Å². The smallest absolute Gasteiger partial charge is 0.296 e. The highest BCUT2D eigenvalue weighted by Gasteiger charge is 2.32. The Hall–Kier alpha value is -1.92. The van der Waals surface area contributed by atoms with Gasteiger partial charge in [-0.2, -0.15) is 8.42 Å². The predicted molar refractivity (Wildman–Crippen MR) is 63.9 cm³/mol. The van der Waals surface area contributed by atoms with Crippen LogP contribution >= 0.6 is 10.6 Å². The van der Waals surface area contributed by atoms with Crippen molar-refractivity contribution in [3.05, 3.63) is 32.9 Å². The SMILES string of the molecule is Nc1cc(S(N=O)(N=O)N=O)ccc1S(=O)(=O)O. The Morgan fingerprint density at radius 3 is 1.89 bits per heavy atom. The third-order valence-corrected chi connectivity index (χ3v) is 4.32. The van der Waals surface area contributed by atoms with Gasteiger partial charge in [-0.25, -0.2) is 0 Å². The first-order chi connectivity index (χ1) is 8.30. The molecule has 0 radical (unpaired) electrons. The van der Waals surface area contributed by atoms with Crippen LogP contribution in [-0.2, 0) is 10.1 Å². The Kier molecular flexibility index (Phi) is 3.73. The van der Waals surface area contributed by atoms with Gasteiger partial charge in [0.1, 0.15) is 4.90 Å². The molecule has 0 aliphatic heterocycles. The van der Waals surface area contributed by atoms with Crippen molar-refractivity contribution >= 4 is 26.4 Å². The van der Waals surface area contributed by atoms with E-state index in [9.17, 15) is 23.1 Å². The van der Waals surface area contributed by atoms with Gasteiger partial charge >= 0.3 is 0 Å².